The Labute approximate surface area is 233 Å². The van der Waals surface area contributed by atoms with Gasteiger partial charge in [0.2, 0.25) is 11.8 Å². The number of amides is 3. The summed E-state index contributed by atoms with van der Waals surface area (Å²) in [5.74, 6) is -1.39. The maximum absolute atomic E-state index is 13.7. The van der Waals surface area contributed by atoms with Gasteiger partial charge in [0.05, 0.1) is 17.0 Å². The van der Waals surface area contributed by atoms with E-state index in [4.69, 9.17) is 5.73 Å². The summed E-state index contributed by atoms with van der Waals surface area (Å²) in [6.45, 7) is 10.1. The highest BCUT2D eigenvalue weighted by Gasteiger charge is 2.35. The predicted molar refractivity (Wildman–Crippen MR) is 153 cm³/mol. The summed E-state index contributed by atoms with van der Waals surface area (Å²) in [6.07, 6.45) is 5.07. The van der Waals surface area contributed by atoms with Gasteiger partial charge in [0.1, 0.15) is 6.04 Å². The molecule has 4 atom stereocenters. The summed E-state index contributed by atoms with van der Waals surface area (Å²) in [5.41, 5.74) is 6.18. The molecule has 1 saturated heterocycles. The Bertz CT molecular complexity index is 1150. The molecule has 0 aliphatic carbocycles. The third-order valence-corrected chi connectivity index (χ3v) is 8.87. The minimum atomic E-state index is -4.10. The lowest BCUT2D eigenvalue weighted by Gasteiger charge is -2.36. The zero-order chi connectivity index (χ0) is 29.5. The van der Waals surface area contributed by atoms with Gasteiger partial charge in [-0.05, 0) is 69.5 Å². The first-order valence-electron chi connectivity index (χ1n) is 13.6. The zero-order valence-electron chi connectivity index (χ0n) is 24.2. The molecule has 1 aliphatic rings. The second kappa shape index (κ2) is 13.9. The molecule has 1 aromatic rings. The van der Waals surface area contributed by atoms with E-state index in [2.05, 4.69) is 10.0 Å². The minimum Gasteiger partial charge on any atom is -0.399 e. The third kappa shape index (κ3) is 8.53. The van der Waals surface area contributed by atoms with E-state index in [1.54, 1.807) is 13.1 Å². The molecule has 0 unspecified atom stereocenters. The smallest absolute Gasteiger partial charge is 0.264 e. The predicted octanol–water partition coefficient (Wildman–Crippen LogP) is 2.52. The van der Waals surface area contributed by atoms with Gasteiger partial charge >= 0.3 is 0 Å². The van der Waals surface area contributed by atoms with Gasteiger partial charge in [-0.25, -0.2) is 13.1 Å². The molecule has 0 bridgehead atoms. The second-order valence-electron chi connectivity index (χ2n) is 10.9. The molecular formula is C28H45N5O5S. The van der Waals surface area contributed by atoms with Crippen LogP contribution in [0.15, 0.2) is 40.8 Å². The number of nitrogens with zero attached hydrogens (tertiary/aromatic N) is 2. The lowest BCUT2D eigenvalue weighted by Crippen LogP contribution is -2.57. The first-order chi connectivity index (χ1) is 18.2. The van der Waals surface area contributed by atoms with Crippen LogP contribution in [0.4, 0.5) is 5.69 Å². The van der Waals surface area contributed by atoms with Crippen molar-refractivity contribution in [1.29, 1.82) is 0 Å². The summed E-state index contributed by atoms with van der Waals surface area (Å²) in [6, 6.07) is 4.02. The molecule has 10 nitrogen and oxygen atoms in total. The van der Waals surface area contributed by atoms with Crippen molar-refractivity contribution in [3.05, 3.63) is 35.9 Å². The quantitative estimate of drug-likeness (QED) is 0.277. The fourth-order valence-electron chi connectivity index (χ4n) is 4.70. The van der Waals surface area contributed by atoms with Gasteiger partial charge in [0.15, 0.2) is 0 Å². The van der Waals surface area contributed by atoms with Crippen LogP contribution in [0.3, 0.4) is 0 Å². The monoisotopic (exact) mass is 563 g/mol. The van der Waals surface area contributed by atoms with E-state index in [9.17, 15) is 22.8 Å². The minimum absolute atomic E-state index is 0.0821. The number of hydrogen-bond acceptors (Lipinski definition) is 7. The van der Waals surface area contributed by atoms with E-state index in [0.717, 1.165) is 25.8 Å². The maximum atomic E-state index is 13.7. The number of nitrogens with one attached hydrogen (secondary N) is 2. The van der Waals surface area contributed by atoms with Crippen LogP contribution in [0, 0.1) is 11.8 Å². The number of carbonyl (C=O) groups is 3. The van der Waals surface area contributed by atoms with Crippen LogP contribution in [0.2, 0.25) is 0 Å². The van der Waals surface area contributed by atoms with Crippen LogP contribution >= 0.6 is 0 Å². The van der Waals surface area contributed by atoms with Gasteiger partial charge < -0.3 is 16.0 Å². The van der Waals surface area contributed by atoms with Crippen molar-refractivity contribution in [3.8, 4) is 0 Å². The fraction of sp³-hybridized carbons (Fsp3) is 0.607. The number of hydrogen-bond donors (Lipinski definition) is 3. The van der Waals surface area contributed by atoms with E-state index in [1.165, 1.54) is 36.1 Å². The molecule has 39 heavy (non-hydrogen) atoms. The zero-order valence-corrected chi connectivity index (χ0v) is 25.0. The van der Waals surface area contributed by atoms with Gasteiger partial charge in [-0.3, -0.25) is 19.3 Å². The summed E-state index contributed by atoms with van der Waals surface area (Å²) in [7, 11) is -0.525. The van der Waals surface area contributed by atoms with Gasteiger partial charge in [0, 0.05) is 18.3 Å². The Balaban J connectivity index is 2.23. The van der Waals surface area contributed by atoms with Crippen LogP contribution in [0.5, 0.6) is 0 Å². The number of nitrogens with two attached hydrogens (primary N) is 1. The molecule has 0 aromatic heterocycles. The first kappa shape index (κ1) is 32.3. The summed E-state index contributed by atoms with van der Waals surface area (Å²) in [5, 5.41) is 3.01. The average molecular weight is 564 g/mol. The molecule has 1 heterocycles. The average Bonchev–Trinajstić information content (AvgIpc) is 2.88. The molecule has 3 amide bonds. The van der Waals surface area contributed by atoms with Crippen LogP contribution in [-0.2, 0) is 24.4 Å². The molecule has 1 aromatic carbocycles. The van der Waals surface area contributed by atoms with Crippen molar-refractivity contribution in [2.75, 3.05) is 26.4 Å². The van der Waals surface area contributed by atoms with E-state index >= 15 is 0 Å². The standard InChI is InChI=1S/C28H45N5O5S/c1-8-19(4)25(30-27(35)23-11-9-10-16-32(23)6)28(36)33(7)24(18(2)3)17-20(5)26(34)31-39(37,38)22-14-12-21(29)13-15-22/h12-15,17-19,23-25H,8-11,16,29H2,1-7H3,(H,30,35)(H,31,34)/t19-,23+,24+,25-/m0/s1. The highest BCUT2D eigenvalue weighted by Crippen LogP contribution is 2.20. The van der Waals surface area contributed by atoms with E-state index < -0.39 is 28.0 Å². The van der Waals surface area contributed by atoms with Crippen LogP contribution in [0.1, 0.15) is 60.3 Å². The summed E-state index contributed by atoms with van der Waals surface area (Å²) in [4.78, 5) is 43.2. The second-order valence-corrected chi connectivity index (χ2v) is 12.6. The lowest BCUT2D eigenvalue weighted by atomic mass is 9.94. The molecule has 0 spiro atoms. The SMILES string of the molecule is CC[C@H](C)[C@H](NC(=O)[C@H]1CCCCN1C)C(=O)N(C)[C@H](C=C(C)C(=O)NS(=O)(=O)c1ccc(N)cc1)C(C)C. The Morgan fingerprint density at radius 2 is 1.77 bits per heavy atom. The molecular weight excluding hydrogens is 518 g/mol. The Morgan fingerprint density at radius 1 is 1.15 bits per heavy atom. The number of anilines is 1. The number of nitrogen functional groups attached to an aromatic ring is 1. The molecule has 11 heteroatoms. The van der Waals surface area contributed by atoms with Gasteiger partial charge in [-0.2, -0.15) is 0 Å². The molecule has 4 N–H and O–H groups in total. The van der Waals surface area contributed by atoms with Crippen molar-refractivity contribution in [1.82, 2.24) is 19.8 Å². The number of sulfonamides is 1. The highest BCUT2D eigenvalue weighted by atomic mass is 32.2. The van der Waals surface area contributed by atoms with E-state index in [1.807, 2.05) is 39.6 Å². The fourth-order valence-corrected chi connectivity index (χ4v) is 5.71. The number of rotatable bonds is 11. The molecule has 1 aliphatic heterocycles. The van der Waals surface area contributed by atoms with Crippen molar-refractivity contribution in [2.24, 2.45) is 11.8 Å². The molecule has 218 valence electrons. The normalized spacial score (nSPS) is 19.2. The van der Waals surface area contributed by atoms with Crippen molar-refractivity contribution >= 4 is 33.4 Å². The number of likely N-dealkylation sites (N-methyl/N-ethyl adjacent to an activating group) is 2. The molecule has 0 radical (unpaired) electrons. The topological polar surface area (TPSA) is 142 Å². The lowest BCUT2D eigenvalue weighted by molar-refractivity contribution is -0.140. The van der Waals surface area contributed by atoms with Gasteiger partial charge in [-0.15, -0.1) is 0 Å². The van der Waals surface area contributed by atoms with E-state index in [0.29, 0.717) is 12.1 Å². The number of benzene rings is 1. The molecule has 0 saturated carbocycles. The maximum Gasteiger partial charge on any atom is 0.264 e. The van der Waals surface area contributed by atoms with Crippen LogP contribution < -0.4 is 15.8 Å². The molecule has 2 rings (SSSR count). The van der Waals surface area contributed by atoms with Gasteiger partial charge in [0.25, 0.3) is 15.9 Å². The van der Waals surface area contributed by atoms with Gasteiger partial charge in [-0.1, -0.05) is 46.6 Å². The Kier molecular flexibility index (Phi) is 11.5. The Morgan fingerprint density at radius 3 is 2.31 bits per heavy atom. The van der Waals surface area contributed by atoms with Crippen LogP contribution in [0.25, 0.3) is 0 Å². The van der Waals surface area contributed by atoms with Crippen LogP contribution in [-0.4, -0.2) is 74.7 Å². The Hall–Kier alpha value is -2.92. The summed E-state index contributed by atoms with van der Waals surface area (Å²) >= 11 is 0. The molecule has 1 fully saturated rings. The number of carbonyl (C=O) groups excluding carboxylic acids is 3. The van der Waals surface area contributed by atoms with Crippen molar-refractivity contribution in [2.45, 2.75) is 83.3 Å². The highest BCUT2D eigenvalue weighted by molar-refractivity contribution is 7.90. The van der Waals surface area contributed by atoms with E-state index in [-0.39, 0.29) is 40.2 Å². The van der Waals surface area contributed by atoms with Crippen molar-refractivity contribution in [3.63, 3.8) is 0 Å². The summed E-state index contributed by atoms with van der Waals surface area (Å²) < 4.78 is 27.4. The number of piperidine rings is 1. The largest absolute Gasteiger partial charge is 0.399 e. The van der Waals surface area contributed by atoms with Crippen molar-refractivity contribution < 1.29 is 22.8 Å². The number of likely N-dealkylation sites (tertiary alicyclic amines) is 1. The first-order valence-corrected chi connectivity index (χ1v) is 15.1. The third-order valence-electron chi connectivity index (χ3n) is 7.52.